The number of thioether (sulfide) groups is 1. The van der Waals surface area contributed by atoms with Crippen molar-refractivity contribution in [2.45, 2.75) is 32.7 Å². The Kier molecular flexibility index (Phi) is 7.96. The largest absolute Gasteiger partial charge is 0.489 e. The summed E-state index contributed by atoms with van der Waals surface area (Å²) in [5, 5.41) is 6.34. The third-order valence-electron chi connectivity index (χ3n) is 6.80. The fourth-order valence-corrected chi connectivity index (χ4v) is 5.94. The van der Waals surface area contributed by atoms with E-state index in [0.717, 1.165) is 39.0 Å². The molecule has 0 bridgehead atoms. The molecule has 2 aliphatic rings. The van der Waals surface area contributed by atoms with Gasteiger partial charge in [-0.25, -0.2) is 4.68 Å². The third kappa shape index (κ3) is 6.40. The lowest BCUT2D eigenvalue weighted by molar-refractivity contribution is -0.113. The molecule has 4 aromatic rings. The van der Waals surface area contributed by atoms with E-state index < -0.39 is 0 Å². The Balaban J connectivity index is 1.26. The first-order valence-corrected chi connectivity index (χ1v) is 14.7. The van der Waals surface area contributed by atoms with Crippen molar-refractivity contribution in [1.29, 1.82) is 0 Å². The van der Waals surface area contributed by atoms with Gasteiger partial charge in [-0.15, -0.1) is 0 Å². The lowest BCUT2D eigenvalue weighted by Crippen LogP contribution is -2.47. The van der Waals surface area contributed by atoms with Crippen molar-refractivity contribution in [3.05, 3.63) is 106 Å². The third-order valence-corrected chi connectivity index (χ3v) is 8.09. The summed E-state index contributed by atoms with van der Waals surface area (Å²) in [6.07, 6.45) is 4.01. The van der Waals surface area contributed by atoms with Crippen LogP contribution in [0.2, 0.25) is 5.02 Å². The molecule has 3 heterocycles. The molecule has 1 fully saturated rings. The van der Waals surface area contributed by atoms with Gasteiger partial charge in [-0.1, -0.05) is 41.9 Å². The van der Waals surface area contributed by atoms with Gasteiger partial charge in [0.15, 0.2) is 5.17 Å². The molecular weight excluding hydrogens is 556 g/mol. The molecule has 41 heavy (non-hydrogen) atoms. The molecule has 7 nitrogen and oxygen atoms in total. The molecule has 2 atom stereocenters. The number of morpholine rings is 1. The van der Waals surface area contributed by atoms with Crippen LogP contribution >= 0.6 is 23.4 Å². The van der Waals surface area contributed by atoms with Gasteiger partial charge in [-0.2, -0.15) is 10.1 Å². The molecule has 0 spiro atoms. The van der Waals surface area contributed by atoms with Crippen LogP contribution in [0.25, 0.3) is 23.0 Å². The van der Waals surface area contributed by atoms with Gasteiger partial charge < -0.3 is 14.4 Å². The fourth-order valence-electron chi connectivity index (χ4n) is 4.90. The Hall–Kier alpha value is -3.85. The van der Waals surface area contributed by atoms with Gasteiger partial charge in [0.2, 0.25) is 0 Å². The van der Waals surface area contributed by atoms with E-state index in [4.69, 9.17) is 26.2 Å². The molecular formula is C32H29ClN4O3S. The summed E-state index contributed by atoms with van der Waals surface area (Å²) in [4.78, 5) is 20.1. The van der Waals surface area contributed by atoms with Crippen LogP contribution in [0, 0.1) is 0 Å². The first kappa shape index (κ1) is 27.3. The van der Waals surface area contributed by atoms with Crippen molar-refractivity contribution in [2.24, 2.45) is 4.99 Å². The van der Waals surface area contributed by atoms with Gasteiger partial charge in [-0.05, 0) is 85.8 Å². The van der Waals surface area contributed by atoms with Crippen LogP contribution in [-0.2, 0) is 16.1 Å². The highest BCUT2D eigenvalue weighted by Crippen LogP contribution is 2.34. The van der Waals surface area contributed by atoms with Gasteiger partial charge in [0, 0.05) is 35.4 Å². The number of carbonyl (C=O) groups excluding carboxylic acids is 1. The van der Waals surface area contributed by atoms with Gasteiger partial charge in [0.1, 0.15) is 12.4 Å². The van der Waals surface area contributed by atoms with Crippen LogP contribution in [0.15, 0.2) is 95.0 Å². The summed E-state index contributed by atoms with van der Waals surface area (Å²) >= 11 is 7.39. The van der Waals surface area contributed by atoms with Crippen LogP contribution in [0.5, 0.6) is 5.75 Å². The number of hydrogen-bond donors (Lipinski definition) is 0. The average molecular weight is 585 g/mol. The first-order chi connectivity index (χ1) is 19.9. The van der Waals surface area contributed by atoms with E-state index in [2.05, 4.69) is 9.89 Å². The average Bonchev–Trinajstić information content (AvgIpc) is 3.57. The summed E-state index contributed by atoms with van der Waals surface area (Å²) < 4.78 is 13.7. The van der Waals surface area contributed by atoms with E-state index in [1.807, 2.05) is 110 Å². The van der Waals surface area contributed by atoms with E-state index in [0.29, 0.717) is 29.6 Å². The minimum Gasteiger partial charge on any atom is -0.489 e. The van der Waals surface area contributed by atoms with Crippen molar-refractivity contribution in [3.63, 3.8) is 0 Å². The molecule has 2 aliphatic heterocycles. The summed E-state index contributed by atoms with van der Waals surface area (Å²) in [6.45, 7) is 5.94. The number of nitrogens with zero attached hydrogens (tertiary/aromatic N) is 4. The highest BCUT2D eigenvalue weighted by Gasteiger charge is 2.31. The number of carbonyl (C=O) groups is 1. The van der Waals surface area contributed by atoms with Crippen LogP contribution in [0.1, 0.15) is 25.0 Å². The zero-order valence-corrected chi connectivity index (χ0v) is 24.3. The summed E-state index contributed by atoms with van der Waals surface area (Å²) in [5.41, 5.74) is 4.48. The molecule has 1 saturated heterocycles. The zero-order valence-electron chi connectivity index (χ0n) is 22.7. The predicted octanol–water partition coefficient (Wildman–Crippen LogP) is 6.85. The molecule has 2 unspecified atom stereocenters. The SMILES string of the molecule is CC1CN(C2=NC(=O)/C(=C/c3cn(-c4ccccc4)nc3-c3ccc(OCc4ccc(Cl)cc4)cc3)S2)CC(C)O1. The standard InChI is InChI=1S/C32H29ClN4O3S/c1-21-17-36(18-22(2)40-21)32-34-31(38)29(41-32)16-25-19-37(27-6-4-3-5-7-27)35-30(25)24-10-14-28(15-11-24)39-20-23-8-12-26(33)13-9-23/h3-16,19,21-22H,17-18,20H2,1-2H3/b29-16-. The number of para-hydroxylation sites is 1. The highest BCUT2D eigenvalue weighted by molar-refractivity contribution is 8.18. The van der Waals surface area contributed by atoms with Crippen LogP contribution in [0.4, 0.5) is 0 Å². The van der Waals surface area contributed by atoms with Gasteiger partial charge in [0.25, 0.3) is 5.91 Å². The lowest BCUT2D eigenvalue weighted by atomic mass is 10.1. The zero-order chi connectivity index (χ0) is 28.3. The summed E-state index contributed by atoms with van der Waals surface area (Å²) in [7, 11) is 0. The Bertz CT molecular complexity index is 1590. The lowest BCUT2D eigenvalue weighted by Gasteiger charge is -2.35. The van der Waals surface area contributed by atoms with Crippen molar-refractivity contribution < 1.29 is 14.3 Å². The maximum Gasteiger partial charge on any atom is 0.286 e. The smallest absolute Gasteiger partial charge is 0.286 e. The second-order valence-electron chi connectivity index (χ2n) is 10.1. The highest BCUT2D eigenvalue weighted by atomic mass is 35.5. The monoisotopic (exact) mass is 584 g/mol. The Morgan fingerprint density at radius 3 is 2.41 bits per heavy atom. The second-order valence-corrected chi connectivity index (χ2v) is 11.6. The van der Waals surface area contributed by atoms with Gasteiger partial charge in [-0.3, -0.25) is 4.79 Å². The minimum atomic E-state index is -0.235. The van der Waals surface area contributed by atoms with Crippen LogP contribution in [-0.4, -0.2) is 51.1 Å². The summed E-state index contributed by atoms with van der Waals surface area (Å²) in [6, 6.07) is 25.4. The second kappa shape index (κ2) is 11.9. The Labute approximate surface area is 248 Å². The van der Waals surface area contributed by atoms with Crippen molar-refractivity contribution in [3.8, 4) is 22.7 Å². The van der Waals surface area contributed by atoms with Gasteiger partial charge in [0.05, 0.1) is 28.5 Å². The molecule has 0 aliphatic carbocycles. The molecule has 0 N–H and O–H groups in total. The molecule has 6 rings (SSSR count). The van der Waals surface area contributed by atoms with Crippen LogP contribution in [0.3, 0.4) is 0 Å². The maximum atomic E-state index is 13.0. The number of ether oxygens (including phenoxy) is 2. The van der Waals surface area contributed by atoms with E-state index in [9.17, 15) is 4.79 Å². The molecule has 3 aromatic carbocycles. The van der Waals surface area contributed by atoms with Crippen molar-refractivity contribution in [2.75, 3.05) is 13.1 Å². The molecule has 9 heteroatoms. The number of amides is 1. The van der Waals surface area contributed by atoms with E-state index >= 15 is 0 Å². The predicted molar refractivity (Wildman–Crippen MR) is 164 cm³/mol. The molecule has 0 saturated carbocycles. The normalized spacial score (nSPS) is 20.0. The van der Waals surface area contributed by atoms with E-state index in [1.54, 1.807) is 0 Å². The molecule has 0 radical (unpaired) electrons. The minimum absolute atomic E-state index is 0.0824. The number of hydrogen-bond acceptors (Lipinski definition) is 6. The van der Waals surface area contributed by atoms with Gasteiger partial charge >= 0.3 is 0 Å². The Morgan fingerprint density at radius 2 is 1.71 bits per heavy atom. The molecule has 1 amide bonds. The fraction of sp³-hybridized carbons (Fsp3) is 0.219. The number of benzene rings is 3. The number of aromatic nitrogens is 2. The maximum absolute atomic E-state index is 13.0. The number of rotatable bonds is 6. The topological polar surface area (TPSA) is 69.0 Å². The van der Waals surface area contributed by atoms with Crippen molar-refractivity contribution in [1.82, 2.24) is 14.7 Å². The Morgan fingerprint density at radius 1 is 1.00 bits per heavy atom. The number of aliphatic imine (C=N–C) groups is 1. The first-order valence-electron chi connectivity index (χ1n) is 13.5. The molecule has 1 aromatic heterocycles. The van der Waals surface area contributed by atoms with E-state index in [1.165, 1.54) is 11.8 Å². The van der Waals surface area contributed by atoms with E-state index in [-0.39, 0.29) is 18.1 Å². The summed E-state index contributed by atoms with van der Waals surface area (Å²) in [5.74, 6) is 0.515. The number of amidine groups is 1. The van der Waals surface area contributed by atoms with Crippen LogP contribution < -0.4 is 4.74 Å². The molecule has 208 valence electrons. The van der Waals surface area contributed by atoms with Crippen molar-refractivity contribution >= 4 is 40.5 Å². The number of halogens is 1. The quantitative estimate of drug-likeness (QED) is 0.231.